The van der Waals surface area contributed by atoms with Gasteiger partial charge in [-0.25, -0.2) is 0 Å². The number of carbonyl (C=O) groups is 2. The van der Waals surface area contributed by atoms with Crippen LogP contribution < -0.4 is 20.7 Å². The first-order chi connectivity index (χ1) is 15.9. The van der Waals surface area contributed by atoms with Crippen molar-refractivity contribution in [3.63, 3.8) is 0 Å². The summed E-state index contributed by atoms with van der Waals surface area (Å²) in [6.45, 7) is 6.94. The fourth-order valence-electron chi connectivity index (χ4n) is 3.13. The molecule has 6 nitrogen and oxygen atoms in total. The Bertz CT molecular complexity index is 1030. The Labute approximate surface area is 195 Å². The zero-order chi connectivity index (χ0) is 23.6. The van der Waals surface area contributed by atoms with Gasteiger partial charge in [0.15, 0.2) is 0 Å². The highest BCUT2D eigenvalue weighted by Gasteiger charge is 2.11. The number of hydrogen-bond donors (Lipinski definition) is 3. The average molecular weight is 446 g/mol. The molecular weight excluding hydrogens is 414 g/mol. The second-order valence-corrected chi connectivity index (χ2v) is 8.31. The van der Waals surface area contributed by atoms with Crippen molar-refractivity contribution in [2.75, 3.05) is 23.8 Å². The van der Waals surface area contributed by atoms with Crippen LogP contribution >= 0.6 is 0 Å². The topological polar surface area (TPSA) is 79.5 Å². The van der Waals surface area contributed by atoms with Crippen molar-refractivity contribution in [1.29, 1.82) is 0 Å². The molecule has 1 atom stereocenters. The molecule has 3 aromatic rings. The fourth-order valence-corrected chi connectivity index (χ4v) is 3.13. The van der Waals surface area contributed by atoms with Crippen LogP contribution in [0.15, 0.2) is 78.9 Å². The van der Waals surface area contributed by atoms with Crippen LogP contribution in [-0.4, -0.2) is 25.0 Å². The van der Waals surface area contributed by atoms with Gasteiger partial charge in [0, 0.05) is 16.9 Å². The third kappa shape index (κ3) is 7.68. The zero-order valence-corrected chi connectivity index (χ0v) is 19.3. The van der Waals surface area contributed by atoms with E-state index in [0.29, 0.717) is 23.8 Å². The number of rotatable bonds is 10. The van der Waals surface area contributed by atoms with E-state index >= 15 is 0 Å². The molecule has 0 heterocycles. The summed E-state index contributed by atoms with van der Waals surface area (Å²) < 4.78 is 5.66. The lowest BCUT2D eigenvalue weighted by Gasteiger charge is -2.14. The Hall–Kier alpha value is -3.80. The highest BCUT2D eigenvalue weighted by atomic mass is 16.5. The number of benzene rings is 3. The van der Waals surface area contributed by atoms with E-state index in [1.165, 1.54) is 0 Å². The number of anilines is 2. The van der Waals surface area contributed by atoms with Crippen LogP contribution in [0, 0.1) is 5.92 Å². The van der Waals surface area contributed by atoms with Gasteiger partial charge in [0.25, 0.3) is 5.91 Å². The number of hydrogen-bond acceptors (Lipinski definition) is 4. The van der Waals surface area contributed by atoms with Gasteiger partial charge in [0.1, 0.15) is 5.75 Å². The monoisotopic (exact) mass is 445 g/mol. The third-order valence-electron chi connectivity index (χ3n) is 4.97. The molecule has 0 saturated heterocycles. The highest BCUT2D eigenvalue weighted by Crippen LogP contribution is 2.17. The minimum absolute atomic E-state index is 0.0972. The number of ether oxygens (including phenoxy) is 1. The van der Waals surface area contributed by atoms with Crippen molar-refractivity contribution in [1.82, 2.24) is 5.32 Å². The maximum atomic E-state index is 12.5. The SMILES string of the molecule is CC(C)COc1ccc(NCC(=O)Nc2ccc(C(=O)NC(C)c3ccccc3)cc2)cc1. The molecule has 33 heavy (non-hydrogen) atoms. The first-order valence-electron chi connectivity index (χ1n) is 11.1. The second-order valence-electron chi connectivity index (χ2n) is 8.31. The molecule has 0 bridgehead atoms. The van der Waals surface area contributed by atoms with E-state index < -0.39 is 0 Å². The molecule has 6 heteroatoms. The van der Waals surface area contributed by atoms with Gasteiger partial charge in [0.2, 0.25) is 5.91 Å². The molecule has 2 amide bonds. The van der Waals surface area contributed by atoms with E-state index in [1.54, 1.807) is 24.3 Å². The lowest BCUT2D eigenvalue weighted by Crippen LogP contribution is -2.26. The van der Waals surface area contributed by atoms with Crippen molar-refractivity contribution in [2.45, 2.75) is 26.8 Å². The van der Waals surface area contributed by atoms with Gasteiger partial charge in [-0.05, 0) is 66.9 Å². The first-order valence-corrected chi connectivity index (χ1v) is 11.1. The van der Waals surface area contributed by atoms with Crippen LogP contribution in [0.5, 0.6) is 5.75 Å². The number of amides is 2. The Morgan fingerprint density at radius 1 is 0.818 bits per heavy atom. The van der Waals surface area contributed by atoms with Crippen molar-refractivity contribution in [3.05, 3.63) is 90.0 Å². The maximum absolute atomic E-state index is 12.5. The molecule has 0 aliphatic carbocycles. The minimum Gasteiger partial charge on any atom is -0.493 e. The van der Waals surface area contributed by atoms with E-state index in [9.17, 15) is 9.59 Å². The molecule has 3 N–H and O–H groups in total. The standard InChI is InChI=1S/C27H31N3O3/c1-19(2)18-33-25-15-13-23(14-16-25)28-17-26(31)30-24-11-9-22(10-12-24)27(32)29-20(3)21-7-5-4-6-8-21/h4-16,19-20,28H,17-18H2,1-3H3,(H,29,32)(H,30,31). The van der Waals surface area contributed by atoms with Gasteiger partial charge >= 0.3 is 0 Å². The summed E-state index contributed by atoms with van der Waals surface area (Å²) in [4.78, 5) is 24.8. The summed E-state index contributed by atoms with van der Waals surface area (Å²) in [5, 5.41) is 8.91. The largest absolute Gasteiger partial charge is 0.493 e. The Balaban J connectivity index is 1.45. The normalized spacial score (nSPS) is 11.5. The molecule has 3 rings (SSSR count). The van der Waals surface area contributed by atoms with E-state index in [4.69, 9.17) is 4.74 Å². The average Bonchev–Trinajstić information content (AvgIpc) is 2.83. The predicted octanol–water partition coefficient (Wildman–Crippen LogP) is 5.26. The summed E-state index contributed by atoms with van der Waals surface area (Å²) in [6.07, 6.45) is 0. The molecule has 0 radical (unpaired) electrons. The Kier molecular flexibility index (Phi) is 8.47. The molecule has 0 aliphatic heterocycles. The van der Waals surface area contributed by atoms with E-state index in [2.05, 4.69) is 29.8 Å². The van der Waals surface area contributed by atoms with Gasteiger partial charge in [0.05, 0.1) is 19.2 Å². The minimum atomic E-state index is -0.176. The van der Waals surface area contributed by atoms with Gasteiger partial charge in [-0.1, -0.05) is 44.2 Å². The number of nitrogens with one attached hydrogen (secondary N) is 3. The van der Waals surface area contributed by atoms with E-state index in [1.807, 2.05) is 61.5 Å². The smallest absolute Gasteiger partial charge is 0.251 e. The van der Waals surface area contributed by atoms with Gasteiger partial charge in [-0.2, -0.15) is 0 Å². The Morgan fingerprint density at radius 2 is 1.45 bits per heavy atom. The van der Waals surface area contributed by atoms with Crippen LogP contribution in [0.1, 0.15) is 42.7 Å². The van der Waals surface area contributed by atoms with Gasteiger partial charge < -0.3 is 20.7 Å². The molecule has 1 unspecified atom stereocenters. The fraction of sp³-hybridized carbons (Fsp3) is 0.259. The van der Waals surface area contributed by atoms with Crippen LogP contribution in [-0.2, 0) is 4.79 Å². The third-order valence-corrected chi connectivity index (χ3v) is 4.97. The molecule has 172 valence electrons. The lowest BCUT2D eigenvalue weighted by molar-refractivity contribution is -0.114. The number of carbonyl (C=O) groups excluding carboxylic acids is 2. The molecular formula is C27H31N3O3. The summed E-state index contributed by atoms with van der Waals surface area (Å²) in [7, 11) is 0. The summed E-state index contributed by atoms with van der Waals surface area (Å²) in [5.41, 5.74) is 3.04. The van der Waals surface area contributed by atoms with Gasteiger partial charge in [-0.15, -0.1) is 0 Å². The van der Waals surface area contributed by atoms with Crippen LogP contribution in [0.2, 0.25) is 0 Å². The summed E-state index contributed by atoms with van der Waals surface area (Å²) in [5.74, 6) is 0.936. The predicted molar refractivity (Wildman–Crippen MR) is 133 cm³/mol. The Morgan fingerprint density at radius 3 is 2.09 bits per heavy atom. The summed E-state index contributed by atoms with van der Waals surface area (Å²) in [6, 6.07) is 24.1. The van der Waals surface area contributed by atoms with Crippen molar-refractivity contribution in [2.24, 2.45) is 5.92 Å². The first kappa shape index (κ1) is 23.9. The lowest BCUT2D eigenvalue weighted by atomic mass is 10.1. The van der Waals surface area contributed by atoms with Crippen molar-refractivity contribution in [3.8, 4) is 5.75 Å². The highest BCUT2D eigenvalue weighted by molar-refractivity contribution is 5.96. The van der Waals surface area contributed by atoms with Gasteiger partial charge in [-0.3, -0.25) is 9.59 Å². The van der Waals surface area contributed by atoms with E-state index in [-0.39, 0.29) is 24.4 Å². The van der Waals surface area contributed by atoms with Crippen LogP contribution in [0.4, 0.5) is 11.4 Å². The molecule has 0 fully saturated rings. The zero-order valence-electron chi connectivity index (χ0n) is 19.3. The second kappa shape index (κ2) is 11.7. The van der Waals surface area contributed by atoms with Crippen LogP contribution in [0.25, 0.3) is 0 Å². The molecule has 0 aromatic heterocycles. The molecule has 3 aromatic carbocycles. The maximum Gasteiger partial charge on any atom is 0.251 e. The van der Waals surface area contributed by atoms with E-state index in [0.717, 1.165) is 17.0 Å². The van der Waals surface area contributed by atoms with Crippen LogP contribution in [0.3, 0.4) is 0 Å². The molecule has 0 aliphatic rings. The molecule has 0 saturated carbocycles. The molecule has 0 spiro atoms. The quantitative estimate of drug-likeness (QED) is 0.398. The summed E-state index contributed by atoms with van der Waals surface area (Å²) >= 11 is 0. The van der Waals surface area contributed by atoms with Crippen molar-refractivity contribution >= 4 is 23.2 Å². The van der Waals surface area contributed by atoms with Crippen molar-refractivity contribution < 1.29 is 14.3 Å².